The summed E-state index contributed by atoms with van der Waals surface area (Å²) < 4.78 is 0. The molecule has 2 heterocycles. The molecule has 0 saturated heterocycles. The highest BCUT2D eigenvalue weighted by atomic mass is 32.1. The van der Waals surface area contributed by atoms with E-state index in [0.29, 0.717) is 34.4 Å². The van der Waals surface area contributed by atoms with Crippen molar-refractivity contribution in [2.24, 2.45) is 5.92 Å². The number of nitrogens with two attached hydrogens (primary N) is 1. The van der Waals surface area contributed by atoms with Crippen molar-refractivity contribution in [2.75, 3.05) is 5.73 Å². The van der Waals surface area contributed by atoms with Gasteiger partial charge in [-0.05, 0) is 24.5 Å². The van der Waals surface area contributed by atoms with Gasteiger partial charge < -0.3 is 10.8 Å². The molecule has 0 saturated carbocycles. The number of carboxylic acid groups (broad SMARTS) is 1. The SMILES string of the molecule is CC(C)Cc1nc(-c2cccnc2N)sc1C(=O)O. The molecular weight excluding hydrogens is 262 g/mol. The van der Waals surface area contributed by atoms with Gasteiger partial charge in [-0.25, -0.2) is 14.8 Å². The van der Waals surface area contributed by atoms with Crippen LogP contribution in [0.1, 0.15) is 29.2 Å². The Kier molecular flexibility index (Phi) is 3.80. The minimum absolute atomic E-state index is 0.284. The molecule has 2 rings (SSSR count). The number of nitrogens with zero attached hydrogens (tertiary/aromatic N) is 2. The van der Waals surface area contributed by atoms with Crippen LogP contribution in [0, 0.1) is 5.92 Å². The zero-order chi connectivity index (χ0) is 14.0. The van der Waals surface area contributed by atoms with Crippen molar-refractivity contribution in [3.63, 3.8) is 0 Å². The Morgan fingerprint density at radius 2 is 2.26 bits per heavy atom. The second-order valence-electron chi connectivity index (χ2n) is 4.63. The van der Waals surface area contributed by atoms with Crippen LogP contribution >= 0.6 is 11.3 Å². The Labute approximate surface area is 115 Å². The Morgan fingerprint density at radius 3 is 2.84 bits per heavy atom. The van der Waals surface area contributed by atoms with Gasteiger partial charge in [0.1, 0.15) is 15.7 Å². The lowest BCUT2D eigenvalue weighted by molar-refractivity contribution is 0.0700. The van der Waals surface area contributed by atoms with Crippen LogP contribution in [0.25, 0.3) is 10.6 Å². The largest absolute Gasteiger partial charge is 0.477 e. The van der Waals surface area contributed by atoms with Crippen molar-refractivity contribution in [3.8, 4) is 10.6 Å². The van der Waals surface area contributed by atoms with Gasteiger partial charge in [-0.2, -0.15) is 0 Å². The van der Waals surface area contributed by atoms with Crippen molar-refractivity contribution in [1.82, 2.24) is 9.97 Å². The Hall–Kier alpha value is -1.95. The molecule has 0 unspecified atom stereocenters. The minimum Gasteiger partial charge on any atom is -0.477 e. The first-order valence-corrected chi connectivity index (χ1v) is 6.74. The molecule has 0 aromatic carbocycles. The number of anilines is 1. The number of rotatable bonds is 4. The van der Waals surface area contributed by atoms with Gasteiger partial charge in [-0.3, -0.25) is 0 Å². The van der Waals surface area contributed by atoms with Crippen LogP contribution < -0.4 is 5.73 Å². The van der Waals surface area contributed by atoms with Crippen molar-refractivity contribution in [3.05, 3.63) is 28.9 Å². The highest BCUT2D eigenvalue weighted by Crippen LogP contribution is 2.31. The molecule has 0 aliphatic heterocycles. The number of aromatic nitrogens is 2. The summed E-state index contributed by atoms with van der Waals surface area (Å²) in [7, 11) is 0. The van der Waals surface area contributed by atoms with E-state index >= 15 is 0 Å². The van der Waals surface area contributed by atoms with E-state index in [9.17, 15) is 9.90 Å². The van der Waals surface area contributed by atoms with Crippen LogP contribution in [-0.2, 0) is 6.42 Å². The Bertz CT molecular complexity index is 608. The number of nitrogen functional groups attached to an aromatic ring is 1. The molecule has 2 aromatic heterocycles. The highest BCUT2D eigenvalue weighted by molar-refractivity contribution is 7.17. The number of carboxylic acids is 1. The summed E-state index contributed by atoms with van der Waals surface area (Å²) in [6.45, 7) is 4.06. The molecule has 0 aliphatic rings. The maximum Gasteiger partial charge on any atom is 0.347 e. The third-order valence-electron chi connectivity index (χ3n) is 2.56. The van der Waals surface area contributed by atoms with E-state index in [1.54, 1.807) is 18.3 Å². The summed E-state index contributed by atoms with van der Waals surface area (Å²) in [6.07, 6.45) is 2.23. The maximum absolute atomic E-state index is 11.3. The van der Waals surface area contributed by atoms with Gasteiger partial charge in [0.05, 0.1) is 11.3 Å². The summed E-state index contributed by atoms with van der Waals surface area (Å²) in [4.78, 5) is 20.0. The number of hydrogen-bond acceptors (Lipinski definition) is 5. The van der Waals surface area contributed by atoms with Crippen molar-refractivity contribution in [1.29, 1.82) is 0 Å². The van der Waals surface area contributed by atoms with E-state index < -0.39 is 5.97 Å². The first-order chi connectivity index (χ1) is 8.99. The number of aromatic carboxylic acids is 1. The van der Waals surface area contributed by atoms with E-state index in [4.69, 9.17) is 5.73 Å². The fraction of sp³-hybridized carbons (Fsp3) is 0.308. The number of hydrogen-bond donors (Lipinski definition) is 2. The Morgan fingerprint density at radius 1 is 1.53 bits per heavy atom. The predicted octanol–water partition coefficient (Wildman–Crippen LogP) is 2.68. The smallest absolute Gasteiger partial charge is 0.347 e. The number of thiazole rings is 1. The fourth-order valence-corrected chi connectivity index (χ4v) is 2.72. The van der Waals surface area contributed by atoms with E-state index in [1.165, 1.54) is 0 Å². The molecule has 0 aliphatic carbocycles. The van der Waals surface area contributed by atoms with Crippen LogP contribution in [-0.4, -0.2) is 21.0 Å². The molecule has 100 valence electrons. The molecule has 2 aromatic rings. The molecule has 19 heavy (non-hydrogen) atoms. The molecule has 0 atom stereocenters. The number of pyridine rings is 1. The minimum atomic E-state index is -0.943. The van der Waals surface area contributed by atoms with Crippen molar-refractivity contribution >= 4 is 23.1 Å². The molecule has 3 N–H and O–H groups in total. The molecule has 0 bridgehead atoms. The summed E-state index contributed by atoms with van der Waals surface area (Å²) >= 11 is 1.15. The van der Waals surface area contributed by atoms with Crippen LogP contribution in [0.2, 0.25) is 0 Å². The van der Waals surface area contributed by atoms with Gasteiger partial charge in [0.25, 0.3) is 0 Å². The third kappa shape index (κ3) is 2.90. The van der Waals surface area contributed by atoms with E-state index in [-0.39, 0.29) is 4.88 Å². The summed E-state index contributed by atoms with van der Waals surface area (Å²) in [5.41, 5.74) is 7.10. The van der Waals surface area contributed by atoms with E-state index in [2.05, 4.69) is 9.97 Å². The summed E-state index contributed by atoms with van der Waals surface area (Å²) in [5, 5.41) is 9.84. The van der Waals surface area contributed by atoms with E-state index in [0.717, 1.165) is 11.3 Å². The van der Waals surface area contributed by atoms with Gasteiger partial charge in [0, 0.05) is 6.20 Å². The second-order valence-corrected chi connectivity index (χ2v) is 5.63. The maximum atomic E-state index is 11.3. The number of carbonyl (C=O) groups is 1. The van der Waals surface area contributed by atoms with Gasteiger partial charge in [-0.1, -0.05) is 13.8 Å². The summed E-state index contributed by atoms with van der Waals surface area (Å²) in [5.74, 6) is -0.231. The predicted molar refractivity (Wildman–Crippen MR) is 75.3 cm³/mol. The molecule has 0 spiro atoms. The topological polar surface area (TPSA) is 89.1 Å². The lowest BCUT2D eigenvalue weighted by Gasteiger charge is -2.01. The lowest BCUT2D eigenvalue weighted by atomic mass is 10.1. The normalized spacial score (nSPS) is 10.9. The molecule has 0 fully saturated rings. The fourth-order valence-electron chi connectivity index (χ4n) is 1.76. The second kappa shape index (κ2) is 5.36. The average Bonchev–Trinajstić information content (AvgIpc) is 2.72. The first-order valence-electron chi connectivity index (χ1n) is 5.93. The highest BCUT2D eigenvalue weighted by Gasteiger charge is 2.19. The van der Waals surface area contributed by atoms with Gasteiger partial charge in [-0.15, -0.1) is 11.3 Å². The van der Waals surface area contributed by atoms with Crippen molar-refractivity contribution < 1.29 is 9.90 Å². The van der Waals surface area contributed by atoms with Gasteiger partial charge in [0.2, 0.25) is 0 Å². The molecule has 6 heteroatoms. The molecular formula is C13H15N3O2S. The average molecular weight is 277 g/mol. The molecule has 5 nitrogen and oxygen atoms in total. The van der Waals surface area contributed by atoms with Crippen LogP contribution in [0.3, 0.4) is 0 Å². The third-order valence-corrected chi connectivity index (χ3v) is 3.68. The first kappa shape index (κ1) is 13.5. The van der Waals surface area contributed by atoms with Crippen molar-refractivity contribution in [2.45, 2.75) is 20.3 Å². The van der Waals surface area contributed by atoms with E-state index in [1.807, 2.05) is 13.8 Å². The van der Waals surface area contributed by atoms with Crippen LogP contribution in [0.15, 0.2) is 18.3 Å². The monoisotopic (exact) mass is 277 g/mol. The van der Waals surface area contributed by atoms with Crippen LogP contribution in [0.5, 0.6) is 0 Å². The molecule has 0 radical (unpaired) electrons. The lowest BCUT2D eigenvalue weighted by Crippen LogP contribution is -2.02. The van der Waals surface area contributed by atoms with Gasteiger partial charge in [0.15, 0.2) is 0 Å². The zero-order valence-electron chi connectivity index (χ0n) is 10.8. The van der Waals surface area contributed by atoms with Crippen LogP contribution in [0.4, 0.5) is 5.82 Å². The standard InChI is InChI=1S/C13H15N3O2S/c1-7(2)6-9-10(13(17)18)19-12(16-9)8-4-3-5-15-11(8)14/h3-5,7H,6H2,1-2H3,(H2,14,15)(H,17,18). The van der Waals surface area contributed by atoms with Gasteiger partial charge >= 0.3 is 5.97 Å². The zero-order valence-corrected chi connectivity index (χ0v) is 11.6. The quantitative estimate of drug-likeness (QED) is 0.896. The summed E-state index contributed by atoms with van der Waals surface area (Å²) in [6, 6.07) is 3.56. The molecule has 0 amide bonds. The Balaban J connectivity index is 2.49.